The van der Waals surface area contributed by atoms with Crippen LogP contribution in [0.1, 0.15) is 47.6 Å². The second-order valence-electron chi connectivity index (χ2n) is 6.50. The molecule has 1 aliphatic rings. The summed E-state index contributed by atoms with van der Waals surface area (Å²) in [7, 11) is 0. The zero-order chi connectivity index (χ0) is 18.7. The monoisotopic (exact) mass is 359 g/mol. The molecule has 1 aliphatic carbocycles. The number of amides is 1. The molecule has 0 bridgehead atoms. The van der Waals surface area contributed by atoms with Gasteiger partial charge >= 0.3 is 11.7 Å². The Morgan fingerprint density at radius 3 is 2.35 bits per heavy atom. The van der Waals surface area contributed by atoms with E-state index in [2.05, 4.69) is 20.3 Å². The highest BCUT2D eigenvalue weighted by atomic mass is 16.5. The maximum Gasteiger partial charge on any atom is 0.326 e. The minimum Gasteiger partial charge on any atom is -0.460 e. The molecule has 2 aromatic heterocycles. The Morgan fingerprint density at radius 2 is 1.73 bits per heavy atom. The Morgan fingerprint density at radius 1 is 1.08 bits per heavy atom. The van der Waals surface area contributed by atoms with Gasteiger partial charge in [0.25, 0.3) is 11.5 Å². The van der Waals surface area contributed by atoms with Gasteiger partial charge in [0.1, 0.15) is 11.8 Å². The third kappa shape index (κ3) is 4.56. The quantitative estimate of drug-likeness (QED) is 0.732. The van der Waals surface area contributed by atoms with E-state index >= 15 is 0 Å². The van der Waals surface area contributed by atoms with Gasteiger partial charge in [-0.25, -0.2) is 14.8 Å². The van der Waals surface area contributed by atoms with Crippen molar-refractivity contribution in [2.24, 2.45) is 0 Å². The molecule has 0 aliphatic heterocycles. The molecule has 0 spiro atoms. The summed E-state index contributed by atoms with van der Waals surface area (Å²) in [5.41, 5.74) is 0.374. The summed E-state index contributed by atoms with van der Waals surface area (Å²) in [6, 6.07) is 3.31. The van der Waals surface area contributed by atoms with Gasteiger partial charge in [-0.2, -0.15) is 0 Å². The van der Waals surface area contributed by atoms with Crippen molar-refractivity contribution in [3.8, 4) is 6.01 Å². The van der Waals surface area contributed by atoms with Crippen LogP contribution in [0, 0.1) is 13.8 Å². The molecule has 1 amide bonds. The molecule has 0 aromatic carbocycles. The Labute approximate surface area is 149 Å². The minimum absolute atomic E-state index is 0.00345. The number of nitrogens with one attached hydrogen (secondary N) is 3. The van der Waals surface area contributed by atoms with Gasteiger partial charge in [0, 0.05) is 23.5 Å². The summed E-state index contributed by atoms with van der Waals surface area (Å²) in [5, 5.41) is 2.84. The summed E-state index contributed by atoms with van der Waals surface area (Å²) in [6.07, 6.45) is 2.98. The molecule has 0 saturated heterocycles. The lowest BCUT2D eigenvalue weighted by Crippen LogP contribution is -2.41. The average Bonchev–Trinajstić information content (AvgIpc) is 2.55. The van der Waals surface area contributed by atoms with Crippen molar-refractivity contribution in [2.45, 2.75) is 51.7 Å². The zero-order valence-electron chi connectivity index (χ0n) is 14.7. The van der Waals surface area contributed by atoms with Crippen LogP contribution in [0.15, 0.2) is 21.7 Å². The van der Waals surface area contributed by atoms with Crippen LogP contribution in [-0.4, -0.2) is 38.0 Å². The molecule has 1 saturated carbocycles. The summed E-state index contributed by atoms with van der Waals surface area (Å²) >= 11 is 0. The first kappa shape index (κ1) is 17.8. The largest absolute Gasteiger partial charge is 0.460 e. The predicted octanol–water partition coefficient (Wildman–Crippen LogP) is 0.590. The van der Waals surface area contributed by atoms with E-state index in [-0.39, 0.29) is 17.8 Å². The van der Waals surface area contributed by atoms with Crippen LogP contribution in [0.2, 0.25) is 0 Å². The number of H-pyrrole nitrogens is 2. The van der Waals surface area contributed by atoms with Crippen molar-refractivity contribution >= 4 is 5.91 Å². The first-order valence-electron chi connectivity index (χ1n) is 8.52. The smallest absolute Gasteiger partial charge is 0.326 e. The van der Waals surface area contributed by atoms with Gasteiger partial charge < -0.3 is 15.0 Å². The van der Waals surface area contributed by atoms with Crippen molar-refractivity contribution in [1.82, 2.24) is 25.3 Å². The summed E-state index contributed by atoms with van der Waals surface area (Å²) in [5.74, 6) is -0.463. The predicted molar refractivity (Wildman–Crippen MR) is 93.3 cm³/mol. The third-order valence-corrected chi connectivity index (χ3v) is 4.25. The fourth-order valence-corrected chi connectivity index (χ4v) is 3.07. The second-order valence-corrected chi connectivity index (χ2v) is 6.50. The van der Waals surface area contributed by atoms with Crippen molar-refractivity contribution in [1.29, 1.82) is 0 Å². The van der Waals surface area contributed by atoms with Crippen LogP contribution < -0.4 is 21.3 Å². The molecule has 0 atom stereocenters. The molecule has 26 heavy (non-hydrogen) atoms. The Kier molecular flexibility index (Phi) is 5.15. The molecule has 2 heterocycles. The minimum atomic E-state index is -0.701. The fourth-order valence-electron chi connectivity index (χ4n) is 3.07. The topological polar surface area (TPSA) is 130 Å². The number of carbonyl (C=O) groups excluding carboxylic acids is 1. The molecule has 0 unspecified atom stereocenters. The first-order valence-corrected chi connectivity index (χ1v) is 8.52. The van der Waals surface area contributed by atoms with E-state index in [1.54, 1.807) is 0 Å². The molecule has 2 aromatic rings. The SMILES string of the molecule is Cc1cc(C)nc(OC2CCC(NC(=O)c3cc(=O)[nH]c(=O)[nH]3)CC2)n1. The van der Waals surface area contributed by atoms with E-state index in [0.717, 1.165) is 43.1 Å². The maximum atomic E-state index is 12.2. The third-order valence-electron chi connectivity index (χ3n) is 4.25. The number of nitrogens with zero attached hydrogens (tertiary/aromatic N) is 2. The second kappa shape index (κ2) is 7.51. The summed E-state index contributed by atoms with van der Waals surface area (Å²) in [6.45, 7) is 3.79. The van der Waals surface area contributed by atoms with Crippen molar-refractivity contribution in [2.75, 3.05) is 0 Å². The van der Waals surface area contributed by atoms with E-state index in [4.69, 9.17) is 4.74 Å². The van der Waals surface area contributed by atoms with E-state index < -0.39 is 17.2 Å². The maximum absolute atomic E-state index is 12.2. The fraction of sp³-hybridized carbons (Fsp3) is 0.471. The van der Waals surface area contributed by atoms with Crippen molar-refractivity contribution in [3.05, 3.63) is 50.1 Å². The van der Waals surface area contributed by atoms with E-state index in [1.165, 1.54) is 0 Å². The van der Waals surface area contributed by atoms with Crippen LogP contribution in [0.3, 0.4) is 0 Å². The molecule has 9 nitrogen and oxygen atoms in total. The Bertz CT molecular complexity index is 863. The number of carbonyl (C=O) groups is 1. The number of rotatable bonds is 4. The van der Waals surface area contributed by atoms with Crippen molar-refractivity contribution < 1.29 is 9.53 Å². The molecule has 138 valence electrons. The lowest BCUT2D eigenvalue weighted by atomic mass is 9.93. The number of aromatic nitrogens is 4. The molecule has 3 N–H and O–H groups in total. The van der Waals surface area contributed by atoms with Gasteiger partial charge in [0.05, 0.1) is 0 Å². The number of ether oxygens (including phenoxy) is 1. The highest BCUT2D eigenvalue weighted by Crippen LogP contribution is 2.22. The molecule has 0 radical (unpaired) electrons. The Balaban J connectivity index is 1.54. The number of aryl methyl sites for hydroxylation is 2. The average molecular weight is 359 g/mol. The molecular weight excluding hydrogens is 338 g/mol. The highest BCUT2D eigenvalue weighted by molar-refractivity contribution is 5.92. The zero-order valence-corrected chi connectivity index (χ0v) is 14.7. The normalized spacial score (nSPS) is 19.8. The molecular formula is C17H21N5O4. The van der Waals surface area contributed by atoms with Crippen LogP contribution in [-0.2, 0) is 0 Å². The highest BCUT2D eigenvalue weighted by Gasteiger charge is 2.25. The molecule has 3 rings (SSSR count). The summed E-state index contributed by atoms with van der Waals surface area (Å²) < 4.78 is 5.86. The number of hydrogen-bond donors (Lipinski definition) is 3. The van der Waals surface area contributed by atoms with Gasteiger partial charge in [-0.15, -0.1) is 0 Å². The summed E-state index contributed by atoms with van der Waals surface area (Å²) in [4.78, 5) is 47.6. The standard InChI is InChI=1S/C17H21N5O4/c1-9-7-10(2)19-17(18-9)26-12-5-3-11(4-6-12)20-15(24)13-8-14(23)22-16(25)21-13/h7-8,11-12H,3-6H2,1-2H3,(H,20,24)(H2,21,22,23,25). The Hall–Kier alpha value is -2.97. The van der Waals surface area contributed by atoms with Crippen LogP contribution in [0.5, 0.6) is 6.01 Å². The van der Waals surface area contributed by atoms with Crippen LogP contribution in [0.25, 0.3) is 0 Å². The van der Waals surface area contributed by atoms with Gasteiger partial charge in [0.2, 0.25) is 0 Å². The van der Waals surface area contributed by atoms with Crippen LogP contribution in [0.4, 0.5) is 0 Å². The first-order chi connectivity index (χ1) is 12.4. The van der Waals surface area contributed by atoms with Gasteiger partial charge in [-0.1, -0.05) is 0 Å². The van der Waals surface area contributed by atoms with Crippen LogP contribution >= 0.6 is 0 Å². The van der Waals surface area contributed by atoms with Gasteiger partial charge in [-0.3, -0.25) is 14.6 Å². The van der Waals surface area contributed by atoms with Gasteiger partial charge in [0.15, 0.2) is 0 Å². The van der Waals surface area contributed by atoms with Gasteiger partial charge in [-0.05, 0) is 45.6 Å². The molecule has 9 heteroatoms. The molecule has 1 fully saturated rings. The van der Waals surface area contributed by atoms with Crippen molar-refractivity contribution in [3.63, 3.8) is 0 Å². The lowest BCUT2D eigenvalue weighted by Gasteiger charge is -2.28. The number of aromatic amines is 2. The number of hydrogen-bond acceptors (Lipinski definition) is 6. The van der Waals surface area contributed by atoms with E-state index in [1.807, 2.05) is 24.9 Å². The lowest BCUT2D eigenvalue weighted by molar-refractivity contribution is 0.0879. The van der Waals surface area contributed by atoms with E-state index in [0.29, 0.717) is 6.01 Å². The van der Waals surface area contributed by atoms with E-state index in [9.17, 15) is 14.4 Å².